The Morgan fingerprint density at radius 1 is 0.935 bits per heavy atom. The third-order valence-electron chi connectivity index (χ3n) is 5.25. The van der Waals surface area contributed by atoms with Crippen molar-refractivity contribution in [2.75, 3.05) is 12.4 Å². The van der Waals surface area contributed by atoms with E-state index in [9.17, 15) is 4.79 Å². The molecular formula is C26H20N2O3. The molecule has 1 amide bonds. The number of nitrogens with one attached hydrogen (secondary N) is 1. The van der Waals surface area contributed by atoms with Crippen molar-refractivity contribution in [1.29, 1.82) is 0 Å². The largest absolute Gasteiger partial charge is 0.496 e. The van der Waals surface area contributed by atoms with Crippen LogP contribution in [-0.2, 0) is 0 Å². The number of carbonyl (C=O) groups is 1. The molecule has 0 saturated carbocycles. The van der Waals surface area contributed by atoms with Crippen molar-refractivity contribution < 1.29 is 13.9 Å². The van der Waals surface area contributed by atoms with Crippen LogP contribution in [0.25, 0.3) is 33.3 Å². The maximum absolute atomic E-state index is 12.9. The quantitative estimate of drug-likeness (QED) is 0.384. The highest BCUT2D eigenvalue weighted by Crippen LogP contribution is 2.28. The minimum absolute atomic E-state index is 0.229. The van der Waals surface area contributed by atoms with Crippen LogP contribution in [0.1, 0.15) is 15.9 Å². The lowest BCUT2D eigenvalue weighted by molar-refractivity contribution is 0.102. The Bertz CT molecular complexity index is 1420. The van der Waals surface area contributed by atoms with Crippen LogP contribution in [0, 0.1) is 6.92 Å². The number of hydrogen-bond acceptors (Lipinski definition) is 4. The second-order valence-corrected chi connectivity index (χ2v) is 7.42. The molecule has 0 aliphatic carbocycles. The van der Waals surface area contributed by atoms with Crippen molar-refractivity contribution in [2.24, 2.45) is 0 Å². The summed E-state index contributed by atoms with van der Waals surface area (Å²) in [4.78, 5) is 17.5. The molecule has 0 aliphatic heterocycles. The summed E-state index contributed by atoms with van der Waals surface area (Å²) < 4.78 is 11.3. The number of aromatic nitrogens is 1. The predicted molar refractivity (Wildman–Crippen MR) is 123 cm³/mol. The van der Waals surface area contributed by atoms with Gasteiger partial charge in [0.2, 0.25) is 5.89 Å². The summed E-state index contributed by atoms with van der Waals surface area (Å²) in [5.74, 6) is 0.858. The Morgan fingerprint density at radius 3 is 2.42 bits per heavy atom. The molecule has 152 valence electrons. The Hall–Kier alpha value is -4.12. The smallest absolute Gasteiger partial charge is 0.259 e. The lowest BCUT2D eigenvalue weighted by atomic mass is 10.1. The van der Waals surface area contributed by atoms with Crippen molar-refractivity contribution in [3.63, 3.8) is 0 Å². The summed E-state index contributed by atoms with van der Waals surface area (Å²) in [6.45, 7) is 2.02. The van der Waals surface area contributed by atoms with E-state index < -0.39 is 0 Å². The van der Waals surface area contributed by atoms with Gasteiger partial charge in [0.05, 0.1) is 12.7 Å². The highest BCUT2D eigenvalue weighted by molar-refractivity contribution is 6.08. The fraction of sp³-hybridized carbons (Fsp3) is 0.0769. The number of methoxy groups -OCH3 is 1. The number of nitrogens with zero attached hydrogens (tertiary/aromatic N) is 1. The Morgan fingerprint density at radius 2 is 1.68 bits per heavy atom. The average molecular weight is 408 g/mol. The maximum atomic E-state index is 12.9. The molecule has 0 aliphatic rings. The average Bonchev–Trinajstić information content (AvgIpc) is 3.21. The summed E-state index contributed by atoms with van der Waals surface area (Å²) >= 11 is 0. The first-order valence-corrected chi connectivity index (χ1v) is 9.96. The number of amides is 1. The number of benzene rings is 4. The minimum atomic E-state index is -0.229. The van der Waals surface area contributed by atoms with Gasteiger partial charge in [-0.05, 0) is 71.8 Å². The van der Waals surface area contributed by atoms with Gasteiger partial charge in [0.1, 0.15) is 11.3 Å². The lowest BCUT2D eigenvalue weighted by Gasteiger charge is -2.11. The van der Waals surface area contributed by atoms with Crippen LogP contribution in [0.3, 0.4) is 0 Å². The molecule has 0 unspecified atom stereocenters. The molecule has 5 aromatic rings. The molecule has 0 saturated heterocycles. The number of oxazole rings is 1. The van der Waals surface area contributed by atoms with E-state index in [1.807, 2.05) is 85.8 Å². The summed E-state index contributed by atoms with van der Waals surface area (Å²) in [7, 11) is 1.57. The zero-order valence-corrected chi connectivity index (χ0v) is 17.2. The third kappa shape index (κ3) is 3.62. The number of fused-ring (bicyclic) bond motifs is 2. The second-order valence-electron chi connectivity index (χ2n) is 7.42. The zero-order chi connectivity index (χ0) is 21.4. The number of aryl methyl sites for hydroxylation is 1. The molecule has 31 heavy (non-hydrogen) atoms. The van der Waals surface area contributed by atoms with Crippen LogP contribution in [-0.4, -0.2) is 18.0 Å². The number of rotatable bonds is 4. The summed E-state index contributed by atoms with van der Waals surface area (Å²) in [5, 5.41) is 4.94. The van der Waals surface area contributed by atoms with Gasteiger partial charge in [0.25, 0.3) is 5.91 Å². The first-order chi connectivity index (χ1) is 15.1. The molecule has 5 nitrogen and oxygen atoms in total. The fourth-order valence-electron chi connectivity index (χ4n) is 3.62. The number of anilines is 1. The molecule has 0 radical (unpaired) electrons. The number of hydrogen-bond donors (Lipinski definition) is 1. The van der Waals surface area contributed by atoms with Gasteiger partial charge in [-0.25, -0.2) is 4.98 Å². The highest BCUT2D eigenvalue weighted by Gasteiger charge is 2.15. The molecule has 5 rings (SSSR count). The van der Waals surface area contributed by atoms with Crippen molar-refractivity contribution in [3.05, 3.63) is 90.0 Å². The van der Waals surface area contributed by atoms with Gasteiger partial charge < -0.3 is 14.5 Å². The normalized spacial score (nSPS) is 11.0. The zero-order valence-electron chi connectivity index (χ0n) is 17.2. The van der Waals surface area contributed by atoms with E-state index in [2.05, 4.69) is 10.3 Å². The Balaban J connectivity index is 1.40. The van der Waals surface area contributed by atoms with Crippen LogP contribution in [0.5, 0.6) is 5.75 Å². The van der Waals surface area contributed by atoms with Gasteiger partial charge in [-0.1, -0.05) is 30.3 Å². The van der Waals surface area contributed by atoms with E-state index >= 15 is 0 Å². The predicted octanol–water partition coefficient (Wildman–Crippen LogP) is 6.22. The van der Waals surface area contributed by atoms with Crippen molar-refractivity contribution in [3.8, 4) is 17.2 Å². The topological polar surface area (TPSA) is 64.4 Å². The van der Waals surface area contributed by atoms with Crippen molar-refractivity contribution >= 4 is 33.5 Å². The van der Waals surface area contributed by atoms with Gasteiger partial charge in [-0.2, -0.15) is 0 Å². The number of carbonyl (C=O) groups excluding carboxylic acids is 1. The first-order valence-electron chi connectivity index (χ1n) is 9.96. The first kappa shape index (κ1) is 18.9. The summed E-state index contributed by atoms with van der Waals surface area (Å²) in [6, 6.07) is 24.9. The van der Waals surface area contributed by atoms with Crippen molar-refractivity contribution in [1.82, 2.24) is 4.98 Å². The minimum Gasteiger partial charge on any atom is -0.496 e. The van der Waals surface area contributed by atoms with Gasteiger partial charge >= 0.3 is 0 Å². The molecule has 0 fully saturated rings. The van der Waals surface area contributed by atoms with Crippen LogP contribution < -0.4 is 10.1 Å². The molecule has 1 heterocycles. The van der Waals surface area contributed by atoms with E-state index in [1.165, 1.54) is 0 Å². The van der Waals surface area contributed by atoms with Crippen molar-refractivity contribution in [2.45, 2.75) is 6.92 Å². The number of ether oxygens (including phenoxy) is 1. The van der Waals surface area contributed by atoms with Crippen LogP contribution >= 0.6 is 0 Å². The fourth-order valence-corrected chi connectivity index (χ4v) is 3.62. The monoisotopic (exact) mass is 408 g/mol. The lowest BCUT2D eigenvalue weighted by Crippen LogP contribution is -2.13. The molecule has 5 heteroatoms. The summed E-state index contributed by atoms with van der Waals surface area (Å²) in [5.41, 5.74) is 4.72. The van der Waals surface area contributed by atoms with Gasteiger partial charge in [-0.3, -0.25) is 4.79 Å². The van der Waals surface area contributed by atoms with Gasteiger partial charge in [0, 0.05) is 11.3 Å². The van der Waals surface area contributed by atoms with E-state index in [-0.39, 0.29) is 5.91 Å². The molecule has 4 aromatic carbocycles. The molecule has 0 spiro atoms. The van der Waals surface area contributed by atoms with Crippen LogP contribution in [0.2, 0.25) is 0 Å². The van der Waals surface area contributed by atoms with Gasteiger partial charge in [-0.15, -0.1) is 0 Å². The summed E-state index contributed by atoms with van der Waals surface area (Å²) in [6.07, 6.45) is 0. The SMILES string of the molecule is COc1cc2ccccc2cc1C(=O)Nc1ccc(-c2nc3cc(C)ccc3o2)cc1. The van der Waals surface area contributed by atoms with Crippen LogP contribution in [0.15, 0.2) is 83.3 Å². The van der Waals surface area contributed by atoms with E-state index in [0.29, 0.717) is 22.9 Å². The standard InChI is InChI=1S/C26H20N2O3/c1-16-7-12-23-22(13-16)28-26(31-23)17-8-10-20(11-9-17)27-25(29)21-14-18-5-3-4-6-19(18)15-24(21)30-2/h3-15H,1-2H3,(H,27,29). The Kier molecular flexibility index (Phi) is 4.64. The highest BCUT2D eigenvalue weighted by atomic mass is 16.5. The molecule has 1 aromatic heterocycles. The van der Waals surface area contributed by atoms with Gasteiger partial charge in [0.15, 0.2) is 5.58 Å². The Labute approximate surface area is 179 Å². The molecule has 0 bridgehead atoms. The van der Waals surface area contributed by atoms with E-state index in [4.69, 9.17) is 9.15 Å². The maximum Gasteiger partial charge on any atom is 0.259 e. The van der Waals surface area contributed by atoms with Crippen LogP contribution in [0.4, 0.5) is 5.69 Å². The molecular weight excluding hydrogens is 388 g/mol. The molecule has 0 atom stereocenters. The van der Waals surface area contributed by atoms with E-state index in [1.54, 1.807) is 7.11 Å². The third-order valence-corrected chi connectivity index (χ3v) is 5.25. The van der Waals surface area contributed by atoms with E-state index in [0.717, 1.165) is 33.0 Å². The second kappa shape index (κ2) is 7.61. The molecule has 1 N–H and O–H groups in total.